The quantitative estimate of drug-likeness (QED) is 0.824. The minimum Gasteiger partial charge on any atom is -0.357 e. The number of nitrogens with two attached hydrogens (primary N) is 1. The maximum absolute atomic E-state index is 5.77. The molecule has 0 aliphatic rings. The molecule has 3 nitrogen and oxygen atoms in total. The highest BCUT2D eigenvalue weighted by atomic mass is 15.2. The highest BCUT2D eigenvalue weighted by molar-refractivity contribution is 5.39. The second-order valence-corrected chi connectivity index (χ2v) is 4.95. The van der Waals surface area contributed by atoms with E-state index in [0.717, 1.165) is 12.2 Å². The molecule has 1 heterocycles. The Morgan fingerprint density at radius 3 is 2.53 bits per heavy atom. The minimum atomic E-state index is 0.194. The molecule has 2 atom stereocenters. The summed E-state index contributed by atoms with van der Waals surface area (Å²) in [7, 11) is 2.11. The van der Waals surface area contributed by atoms with Crippen molar-refractivity contribution in [2.24, 2.45) is 5.73 Å². The molecule has 0 amide bonds. The average Bonchev–Trinajstić information content (AvgIpc) is 2.28. The highest BCUT2D eigenvalue weighted by Crippen LogP contribution is 2.15. The molecule has 0 saturated carbocycles. The number of anilines is 1. The Kier molecular flexibility index (Phi) is 5.42. The second kappa shape index (κ2) is 6.60. The van der Waals surface area contributed by atoms with Gasteiger partial charge in [-0.15, -0.1) is 0 Å². The zero-order chi connectivity index (χ0) is 12.8. The van der Waals surface area contributed by atoms with Crippen molar-refractivity contribution in [1.29, 1.82) is 0 Å². The molecule has 1 rings (SSSR count). The molecule has 2 unspecified atom stereocenters. The lowest BCUT2D eigenvalue weighted by molar-refractivity contribution is 0.611. The van der Waals surface area contributed by atoms with E-state index in [1.54, 1.807) is 0 Å². The lowest BCUT2D eigenvalue weighted by Crippen LogP contribution is -2.29. The SMILES string of the molecule is CCCC(C)N(C)c1ccc(CC(C)N)cn1. The Labute approximate surface area is 105 Å². The summed E-state index contributed by atoms with van der Waals surface area (Å²) in [5, 5.41) is 0. The first-order valence-electron chi connectivity index (χ1n) is 6.48. The molecule has 0 aromatic carbocycles. The van der Waals surface area contributed by atoms with E-state index in [1.807, 2.05) is 13.1 Å². The summed E-state index contributed by atoms with van der Waals surface area (Å²) in [5.41, 5.74) is 6.98. The van der Waals surface area contributed by atoms with Crippen LogP contribution in [0.1, 0.15) is 39.2 Å². The maximum Gasteiger partial charge on any atom is 0.128 e. The molecular weight excluding hydrogens is 210 g/mol. The Morgan fingerprint density at radius 2 is 2.06 bits per heavy atom. The number of pyridine rings is 1. The van der Waals surface area contributed by atoms with Crippen LogP contribution in [0.15, 0.2) is 18.3 Å². The molecule has 3 heteroatoms. The van der Waals surface area contributed by atoms with E-state index in [-0.39, 0.29) is 6.04 Å². The van der Waals surface area contributed by atoms with Gasteiger partial charge in [-0.25, -0.2) is 4.98 Å². The number of rotatable bonds is 6. The van der Waals surface area contributed by atoms with Crippen LogP contribution in [0, 0.1) is 0 Å². The van der Waals surface area contributed by atoms with Crippen LogP contribution >= 0.6 is 0 Å². The smallest absolute Gasteiger partial charge is 0.128 e. The third-order valence-electron chi connectivity index (χ3n) is 3.10. The van der Waals surface area contributed by atoms with Crippen LogP contribution in [0.25, 0.3) is 0 Å². The van der Waals surface area contributed by atoms with E-state index in [2.05, 4.69) is 42.9 Å². The van der Waals surface area contributed by atoms with Crippen LogP contribution in [-0.2, 0) is 6.42 Å². The predicted octanol–water partition coefficient (Wildman–Crippen LogP) is 2.60. The topological polar surface area (TPSA) is 42.1 Å². The molecule has 0 fully saturated rings. The number of nitrogens with zero attached hydrogens (tertiary/aromatic N) is 2. The molecule has 0 saturated heterocycles. The standard InChI is InChI=1S/C14H25N3/c1-5-6-12(3)17(4)14-8-7-13(10-16-14)9-11(2)15/h7-8,10-12H,5-6,9,15H2,1-4H3. The van der Waals surface area contributed by atoms with E-state index in [0.29, 0.717) is 6.04 Å². The summed E-state index contributed by atoms with van der Waals surface area (Å²) >= 11 is 0. The van der Waals surface area contributed by atoms with Crippen molar-refractivity contribution >= 4 is 5.82 Å². The third-order valence-corrected chi connectivity index (χ3v) is 3.10. The summed E-state index contributed by atoms with van der Waals surface area (Å²) < 4.78 is 0. The molecular formula is C14H25N3. The van der Waals surface area contributed by atoms with Crippen LogP contribution in [0.3, 0.4) is 0 Å². The van der Waals surface area contributed by atoms with Crippen molar-refractivity contribution in [3.8, 4) is 0 Å². The molecule has 0 bridgehead atoms. The zero-order valence-corrected chi connectivity index (χ0v) is 11.5. The van der Waals surface area contributed by atoms with Crippen LogP contribution in [0.5, 0.6) is 0 Å². The molecule has 17 heavy (non-hydrogen) atoms. The van der Waals surface area contributed by atoms with Crippen LogP contribution < -0.4 is 10.6 Å². The monoisotopic (exact) mass is 235 g/mol. The summed E-state index contributed by atoms with van der Waals surface area (Å²) in [4.78, 5) is 6.74. The fourth-order valence-electron chi connectivity index (χ4n) is 1.96. The fraction of sp³-hybridized carbons (Fsp3) is 0.643. The normalized spacial score (nSPS) is 14.4. The number of hydrogen-bond acceptors (Lipinski definition) is 3. The molecule has 96 valence electrons. The van der Waals surface area contributed by atoms with Crippen molar-refractivity contribution in [2.45, 2.75) is 52.1 Å². The van der Waals surface area contributed by atoms with Gasteiger partial charge >= 0.3 is 0 Å². The second-order valence-electron chi connectivity index (χ2n) is 4.95. The van der Waals surface area contributed by atoms with Crippen LogP contribution in [-0.4, -0.2) is 24.1 Å². The van der Waals surface area contributed by atoms with Gasteiger partial charge in [0.1, 0.15) is 5.82 Å². The van der Waals surface area contributed by atoms with Crippen molar-refractivity contribution in [1.82, 2.24) is 4.98 Å². The summed E-state index contributed by atoms with van der Waals surface area (Å²) in [5.74, 6) is 1.04. The fourth-order valence-corrected chi connectivity index (χ4v) is 1.96. The van der Waals surface area contributed by atoms with Gasteiger partial charge in [0.25, 0.3) is 0 Å². The predicted molar refractivity (Wildman–Crippen MR) is 74.4 cm³/mol. The summed E-state index contributed by atoms with van der Waals surface area (Å²) in [6, 6.07) is 4.94. The van der Waals surface area contributed by atoms with Gasteiger partial charge in [0.2, 0.25) is 0 Å². The Hall–Kier alpha value is -1.09. The van der Waals surface area contributed by atoms with Gasteiger partial charge in [-0.2, -0.15) is 0 Å². The van der Waals surface area contributed by atoms with Gasteiger partial charge in [-0.1, -0.05) is 19.4 Å². The van der Waals surface area contributed by atoms with Crippen LogP contribution in [0.2, 0.25) is 0 Å². The van der Waals surface area contributed by atoms with Gasteiger partial charge < -0.3 is 10.6 Å². The third kappa shape index (κ3) is 4.35. The lowest BCUT2D eigenvalue weighted by Gasteiger charge is -2.25. The van der Waals surface area contributed by atoms with Gasteiger partial charge in [-0.05, 0) is 38.3 Å². The molecule has 0 aliphatic carbocycles. The van der Waals surface area contributed by atoms with E-state index < -0.39 is 0 Å². The minimum absolute atomic E-state index is 0.194. The molecule has 2 N–H and O–H groups in total. The molecule has 0 radical (unpaired) electrons. The summed E-state index contributed by atoms with van der Waals surface area (Å²) in [6.07, 6.45) is 5.23. The van der Waals surface area contributed by atoms with E-state index in [9.17, 15) is 0 Å². The average molecular weight is 235 g/mol. The number of hydrogen-bond donors (Lipinski definition) is 1. The van der Waals surface area contributed by atoms with Crippen molar-refractivity contribution in [3.05, 3.63) is 23.9 Å². The first-order chi connectivity index (χ1) is 8.04. The lowest BCUT2D eigenvalue weighted by atomic mass is 10.1. The molecule has 0 aliphatic heterocycles. The largest absolute Gasteiger partial charge is 0.357 e. The molecule has 1 aromatic rings. The van der Waals surface area contributed by atoms with Gasteiger partial charge in [0, 0.05) is 25.3 Å². The van der Waals surface area contributed by atoms with Gasteiger partial charge in [-0.3, -0.25) is 0 Å². The van der Waals surface area contributed by atoms with Crippen molar-refractivity contribution in [3.63, 3.8) is 0 Å². The summed E-state index contributed by atoms with van der Waals surface area (Å²) in [6.45, 7) is 6.47. The van der Waals surface area contributed by atoms with E-state index in [1.165, 1.54) is 18.4 Å². The first kappa shape index (κ1) is 14.0. The number of aromatic nitrogens is 1. The maximum atomic E-state index is 5.77. The Morgan fingerprint density at radius 1 is 1.35 bits per heavy atom. The van der Waals surface area contributed by atoms with Crippen molar-refractivity contribution < 1.29 is 0 Å². The van der Waals surface area contributed by atoms with E-state index >= 15 is 0 Å². The van der Waals surface area contributed by atoms with Crippen molar-refractivity contribution in [2.75, 3.05) is 11.9 Å². The first-order valence-corrected chi connectivity index (χ1v) is 6.48. The highest BCUT2D eigenvalue weighted by Gasteiger charge is 2.10. The Bertz CT molecular complexity index is 319. The van der Waals surface area contributed by atoms with E-state index in [4.69, 9.17) is 5.73 Å². The van der Waals surface area contributed by atoms with Gasteiger partial charge in [0.15, 0.2) is 0 Å². The van der Waals surface area contributed by atoms with Crippen LogP contribution in [0.4, 0.5) is 5.82 Å². The molecule has 0 spiro atoms. The molecule has 1 aromatic heterocycles. The Balaban J connectivity index is 2.66. The van der Waals surface area contributed by atoms with Gasteiger partial charge in [0.05, 0.1) is 0 Å². The zero-order valence-electron chi connectivity index (χ0n) is 11.5.